The number of nitrogens with zero attached hydrogens (tertiary/aromatic N) is 1. The lowest BCUT2D eigenvalue weighted by molar-refractivity contribution is -0.137. The number of alkyl halides is 3. The van der Waals surface area contributed by atoms with E-state index in [0.29, 0.717) is 17.9 Å². The average Bonchev–Trinajstić information content (AvgIpc) is 2.90. The van der Waals surface area contributed by atoms with Crippen LogP contribution in [0.3, 0.4) is 0 Å². The predicted octanol–water partition coefficient (Wildman–Crippen LogP) is 4.47. The number of pyridine rings is 1. The molecule has 4 nitrogen and oxygen atoms in total. The summed E-state index contributed by atoms with van der Waals surface area (Å²) in [6.07, 6.45) is -0.894. The summed E-state index contributed by atoms with van der Waals surface area (Å²) in [6.45, 7) is 0.438. The number of nitrogens with one attached hydrogen (secondary N) is 2. The standard InChI is InChI=1S/C16H14F3N3O/c1-23-9-10-6-13-14(8-21-15(13)20-7-10)22-12-4-2-11(3-5-12)16(17,18)19/h2-8,22H,9H2,1H3,(H,20,21). The highest BCUT2D eigenvalue weighted by atomic mass is 19.4. The van der Waals surface area contributed by atoms with E-state index >= 15 is 0 Å². The largest absolute Gasteiger partial charge is 0.416 e. The van der Waals surface area contributed by atoms with E-state index in [2.05, 4.69) is 15.3 Å². The quantitative estimate of drug-likeness (QED) is 0.745. The summed E-state index contributed by atoms with van der Waals surface area (Å²) in [7, 11) is 1.60. The fourth-order valence-corrected chi connectivity index (χ4v) is 2.29. The lowest BCUT2D eigenvalue weighted by Gasteiger charge is -2.09. The second-order valence-corrected chi connectivity index (χ2v) is 5.08. The van der Waals surface area contributed by atoms with E-state index in [1.165, 1.54) is 12.1 Å². The Kier molecular flexibility index (Phi) is 3.96. The summed E-state index contributed by atoms with van der Waals surface area (Å²) in [6, 6.07) is 6.81. The van der Waals surface area contributed by atoms with Gasteiger partial charge >= 0.3 is 6.18 Å². The topological polar surface area (TPSA) is 49.9 Å². The summed E-state index contributed by atoms with van der Waals surface area (Å²) in [4.78, 5) is 7.30. The van der Waals surface area contributed by atoms with Gasteiger partial charge in [-0.1, -0.05) is 0 Å². The van der Waals surface area contributed by atoms with Gasteiger partial charge in [0.2, 0.25) is 0 Å². The number of fused-ring (bicyclic) bond motifs is 1. The van der Waals surface area contributed by atoms with Crippen molar-refractivity contribution in [2.75, 3.05) is 12.4 Å². The number of benzene rings is 1. The van der Waals surface area contributed by atoms with Crippen LogP contribution in [0.1, 0.15) is 11.1 Å². The minimum absolute atomic E-state index is 0.438. The molecule has 0 aliphatic carbocycles. The minimum atomic E-state index is -4.34. The fourth-order valence-electron chi connectivity index (χ4n) is 2.29. The number of aromatic amines is 1. The molecule has 0 saturated carbocycles. The second-order valence-electron chi connectivity index (χ2n) is 5.08. The van der Waals surface area contributed by atoms with E-state index in [4.69, 9.17) is 4.74 Å². The number of anilines is 2. The number of ether oxygens (including phenoxy) is 1. The Labute approximate surface area is 130 Å². The van der Waals surface area contributed by atoms with Gasteiger partial charge < -0.3 is 15.0 Å². The molecule has 0 atom stereocenters. The molecular formula is C16H14F3N3O. The zero-order chi connectivity index (χ0) is 16.4. The van der Waals surface area contributed by atoms with Crippen molar-refractivity contribution < 1.29 is 17.9 Å². The average molecular weight is 321 g/mol. The van der Waals surface area contributed by atoms with Gasteiger partial charge in [-0.15, -0.1) is 0 Å². The van der Waals surface area contributed by atoms with Crippen molar-refractivity contribution >= 4 is 22.4 Å². The molecule has 7 heteroatoms. The van der Waals surface area contributed by atoms with Crippen LogP contribution >= 0.6 is 0 Å². The predicted molar refractivity (Wildman–Crippen MR) is 81.5 cm³/mol. The highest BCUT2D eigenvalue weighted by Gasteiger charge is 2.29. The van der Waals surface area contributed by atoms with E-state index in [1.807, 2.05) is 6.07 Å². The van der Waals surface area contributed by atoms with Gasteiger partial charge in [-0.25, -0.2) is 4.98 Å². The van der Waals surface area contributed by atoms with Gasteiger partial charge in [0, 0.05) is 30.6 Å². The maximum absolute atomic E-state index is 12.6. The molecule has 0 fully saturated rings. The summed E-state index contributed by atoms with van der Waals surface area (Å²) < 4.78 is 42.8. The van der Waals surface area contributed by atoms with Gasteiger partial charge in [0.1, 0.15) is 5.65 Å². The molecule has 1 aromatic carbocycles. The first-order valence-electron chi connectivity index (χ1n) is 6.86. The SMILES string of the molecule is COCc1cnc2[nH]cc(Nc3ccc(C(F)(F)F)cc3)c2c1. The number of hydrogen-bond donors (Lipinski definition) is 2. The van der Waals surface area contributed by atoms with Crippen molar-refractivity contribution in [1.82, 2.24) is 9.97 Å². The van der Waals surface area contributed by atoms with Crippen LogP contribution in [-0.4, -0.2) is 17.1 Å². The molecule has 0 unspecified atom stereocenters. The van der Waals surface area contributed by atoms with Gasteiger partial charge in [0.15, 0.2) is 0 Å². The summed E-state index contributed by atoms with van der Waals surface area (Å²) in [5, 5.41) is 3.94. The highest BCUT2D eigenvalue weighted by Crippen LogP contribution is 2.31. The number of aromatic nitrogens is 2. The first-order valence-corrected chi connectivity index (χ1v) is 6.86. The molecule has 3 aromatic rings. The van der Waals surface area contributed by atoms with Crippen molar-refractivity contribution in [3.8, 4) is 0 Å². The van der Waals surface area contributed by atoms with E-state index in [-0.39, 0.29) is 0 Å². The monoisotopic (exact) mass is 321 g/mol. The Morgan fingerprint density at radius 1 is 1.22 bits per heavy atom. The summed E-state index contributed by atoms with van der Waals surface area (Å²) in [5.74, 6) is 0. The van der Waals surface area contributed by atoms with Crippen molar-refractivity contribution in [1.29, 1.82) is 0 Å². The van der Waals surface area contributed by atoms with Gasteiger partial charge in [0.05, 0.1) is 17.9 Å². The minimum Gasteiger partial charge on any atom is -0.380 e. The number of hydrogen-bond acceptors (Lipinski definition) is 3. The molecule has 2 N–H and O–H groups in total. The van der Waals surface area contributed by atoms with Gasteiger partial charge in [-0.2, -0.15) is 13.2 Å². The molecule has 0 amide bonds. The molecular weight excluding hydrogens is 307 g/mol. The van der Waals surface area contributed by atoms with E-state index < -0.39 is 11.7 Å². The first-order chi connectivity index (χ1) is 11.0. The van der Waals surface area contributed by atoms with Crippen LogP contribution in [0.15, 0.2) is 42.7 Å². The normalized spacial score (nSPS) is 11.8. The second kappa shape index (κ2) is 5.92. The third-order valence-electron chi connectivity index (χ3n) is 3.39. The van der Waals surface area contributed by atoms with Crippen LogP contribution < -0.4 is 5.32 Å². The van der Waals surface area contributed by atoms with Crippen LogP contribution in [0.4, 0.5) is 24.5 Å². The van der Waals surface area contributed by atoms with Crippen molar-refractivity contribution in [3.05, 3.63) is 53.9 Å². The van der Waals surface area contributed by atoms with E-state index in [9.17, 15) is 13.2 Å². The maximum atomic E-state index is 12.6. The Hall–Kier alpha value is -2.54. The molecule has 0 radical (unpaired) electrons. The molecule has 0 bridgehead atoms. The molecule has 0 aliphatic heterocycles. The molecule has 2 heterocycles. The van der Waals surface area contributed by atoms with Crippen LogP contribution in [0.25, 0.3) is 11.0 Å². The smallest absolute Gasteiger partial charge is 0.380 e. The lowest BCUT2D eigenvalue weighted by atomic mass is 10.2. The van der Waals surface area contributed by atoms with Crippen molar-refractivity contribution in [2.45, 2.75) is 12.8 Å². The summed E-state index contributed by atoms with van der Waals surface area (Å²) in [5.41, 5.74) is 2.24. The molecule has 0 aliphatic rings. The van der Waals surface area contributed by atoms with Crippen molar-refractivity contribution in [3.63, 3.8) is 0 Å². The lowest BCUT2D eigenvalue weighted by Crippen LogP contribution is -2.04. The number of methoxy groups -OCH3 is 1. The van der Waals surface area contributed by atoms with Crippen molar-refractivity contribution in [2.24, 2.45) is 0 Å². The number of rotatable bonds is 4. The van der Waals surface area contributed by atoms with Gasteiger partial charge in [-0.3, -0.25) is 0 Å². The molecule has 120 valence electrons. The maximum Gasteiger partial charge on any atom is 0.416 e. The highest BCUT2D eigenvalue weighted by molar-refractivity contribution is 5.92. The Morgan fingerprint density at radius 3 is 2.61 bits per heavy atom. The van der Waals surface area contributed by atoms with Gasteiger partial charge in [-0.05, 0) is 35.9 Å². The van der Waals surface area contributed by atoms with Crippen LogP contribution in [0.2, 0.25) is 0 Å². The molecule has 3 rings (SSSR count). The Morgan fingerprint density at radius 2 is 1.96 bits per heavy atom. The zero-order valence-electron chi connectivity index (χ0n) is 12.2. The fraction of sp³-hybridized carbons (Fsp3) is 0.188. The van der Waals surface area contributed by atoms with Gasteiger partial charge in [0.25, 0.3) is 0 Å². The molecule has 0 saturated heterocycles. The third kappa shape index (κ3) is 3.29. The van der Waals surface area contributed by atoms with E-state index in [1.54, 1.807) is 19.5 Å². The zero-order valence-corrected chi connectivity index (χ0v) is 12.2. The molecule has 0 spiro atoms. The summed E-state index contributed by atoms with van der Waals surface area (Å²) >= 11 is 0. The Balaban J connectivity index is 1.87. The van der Waals surface area contributed by atoms with E-state index in [0.717, 1.165) is 28.8 Å². The first kappa shape index (κ1) is 15.4. The number of H-pyrrole nitrogens is 1. The molecule has 2 aromatic heterocycles. The van der Waals surface area contributed by atoms with Crippen LogP contribution in [0, 0.1) is 0 Å². The van der Waals surface area contributed by atoms with Crippen LogP contribution in [-0.2, 0) is 17.5 Å². The Bertz CT molecular complexity index is 810. The third-order valence-corrected chi connectivity index (χ3v) is 3.39. The number of halogens is 3. The molecule has 23 heavy (non-hydrogen) atoms. The van der Waals surface area contributed by atoms with Crippen LogP contribution in [0.5, 0.6) is 0 Å².